The highest BCUT2D eigenvalue weighted by molar-refractivity contribution is 5.92. The highest BCUT2D eigenvalue weighted by Crippen LogP contribution is 2.16. The molecule has 1 amide bonds. The summed E-state index contributed by atoms with van der Waals surface area (Å²) in [6.07, 6.45) is 9.50. The van der Waals surface area contributed by atoms with Crippen LogP contribution in [0.1, 0.15) is 34.9 Å². The molecule has 1 fully saturated rings. The lowest BCUT2D eigenvalue weighted by Crippen LogP contribution is -2.32. The third-order valence-corrected chi connectivity index (χ3v) is 4.70. The SMILES string of the molecule is Cl.O=C(NCc1ccccc1-n1ccnc1)c1ccn(C2CCCNC2)n1. The summed E-state index contributed by atoms with van der Waals surface area (Å²) in [7, 11) is 0. The van der Waals surface area contributed by atoms with E-state index < -0.39 is 0 Å². The highest BCUT2D eigenvalue weighted by atomic mass is 35.5. The molecular weight excluding hydrogens is 364 g/mol. The molecule has 1 atom stereocenters. The third kappa shape index (κ3) is 4.37. The van der Waals surface area contributed by atoms with Crippen molar-refractivity contribution in [2.45, 2.75) is 25.4 Å². The first-order valence-electron chi connectivity index (χ1n) is 8.91. The van der Waals surface area contributed by atoms with E-state index in [2.05, 4.69) is 20.7 Å². The largest absolute Gasteiger partial charge is 0.346 e. The lowest BCUT2D eigenvalue weighted by molar-refractivity contribution is 0.0944. The topological polar surface area (TPSA) is 76.8 Å². The van der Waals surface area contributed by atoms with Gasteiger partial charge in [0.05, 0.1) is 18.1 Å². The van der Waals surface area contributed by atoms with Crippen LogP contribution in [0.3, 0.4) is 0 Å². The van der Waals surface area contributed by atoms with Crippen LogP contribution in [0.4, 0.5) is 0 Å². The third-order valence-electron chi connectivity index (χ3n) is 4.70. The first-order chi connectivity index (χ1) is 12.8. The number of para-hydroxylation sites is 1. The average molecular weight is 387 g/mol. The van der Waals surface area contributed by atoms with Gasteiger partial charge < -0.3 is 15.2 Å². The van der Waals surface area contributed by atoms with Crippen LogP contribution in [0.25, 0.3) is 5.69 Å². The van der Waals surface area contributed by atoms with E-state index in [0.29, 0.717) is 18.3 Å². The lowest BCUT2D eigenvalue weighted by atomic mass is 10.1. The Balaban J connectivity index is 0.00000210. The molecule has 0 aliphatic carbocycles. The van der Waals surface area contributed by atoms with E-state index in [1.807, 2.05) is 45.9 Å². The first kappa shape index (κ1) is 19.1. The molecule has 1 aliphatic rings. The minimum Gasteiger partial charge on any atom is -0.346 e. The number of aromatic nitrogens is 4. The van der Waals surface area contributed by atoms with Gasteiger partial charge in [0.1, 0.15) is 5.69 Å². The molecule has 27 heavy (non-hydrogen) atoms. The van der Waals surface area contributed by atoms with E-state index in [4.69, 9.17) is 0 Å². The number of carbonyl (C=O) groups is 1. The van der Waals surface area contributed by atoms with Crippen molar-refractivity contribution < 1.29 is 4.79 Å². The minimum absolute atomic E-state index is 0. The second-order valence-electron chi connectivity index (χ2n) is 6.46. The standard InChI is InChI=1S/C19H22N6O.ClH/c26-19(17-7-10-25(23-17)16-5-3-8-20-13-16)22-12-15-4-1-2-6-18(15)24-11-9-21-14-24;/h1-2,4,6-7,9-11,14,16,20H,3,5,8,12-13H2,(H,22,26);1H. The number of halogens is 1. The van der Waals surface area contributed by atoms with Gasteiger partial charge in [0.2, 0.25) is 0 Å². The van der Waals surface area contributed by atoms with Gasteiger partial charge in [0, 0.05) is 31.7 Å². The van der Waals surface area contributed by atoms with Crippen LogP contribution in [0, 0.1) is 0 Å². The molecule has 142 valence electrons. The van der Waals surface area contributed by atoms with Crippen molar-refractivity contribution in [3.63, 3.8) is 0 Å². The summed E-state index contributed by atoms with van der Waals surface area (Å²) in [6, 6.07) is 10.1. The van der Waals surface area contributed by atoms with E-state index in [1.165, 1.54) is 0 Å². The maximum Gasteiger partial charge on any atom is 0.272 e. The minimum atomic E-state index is -0.159. The van der Waals surface area contributed by atoms with Crippen LogP contribution in [0.5, 0.6) is 0 Å². The van der Waals surface area contributed by atoms with Crippen molar-refractivity contribution in [2.75, 3.05) is 13.1 Å². The summed E-state index contributed by atoms with van der Waals surface area (Å²) in [4.78, 5) is 16.6. The van der Waals surface area contributed by atoms with E-state index in [-0.39, 0.29) is 18.3 Å². The Morgan fingerprint density at radius 2 is 2.15 bits per heavy atom. The van der Waals surface area contributed by atoms with Gasteiger partial charge in [-0.25, -0.2) is 4.98 Å². The fraction of sp³-hybridized carbons (Fsp3) is 0.316. The van der Waals surface area contributed by atoms with Crippen LogP contribution >= 0.6 is 12.4 Å². The number of hydrogen-bond donors (Lipinski definition) is 2. The zero-order valence-corrected chi connectivity index (χ0v) is 15.7. The van der Waals surface area contributed by atoms with Crippen molar-refractivity contribution in [1.82, 2.24) is 30.0 Å². The van der Waals surface area contributed by atoms with E-state index in [1.54, 1.807) is 18.6 Å². The fourth-order valence-electron chi connectivity index (χ4n) is 3.30. The van der Waals surface area contributed by atoms with Crippen molar-refractivity contribution in [1.29, 1.82) is 0 Å². The molecule has 4 rings (SSSR count). The number of piperidine rings is 1. The van der Waals surface area contributed by atoms with Gasteiger partial charge in [-0.1, -0.05) is 18.2 Å². The molecular formula is C19H23ClN6O. The molecule has 3 aromatic rings. The summed E-state index contributed by atoms with van der Waals surface area (Å²) in [5.74, 6) is -0.159. The van der Waals surface area contributed by atoms with Gasteiger partial charge in [0.15, 0.2) is 0 Å². The Kier molecular flexibility index (Phi) is 6.26. The van der Waals surface area contributed by atoms with Gasteiger partial charge in [0.25, 0.3) is 5.91 Å². The van der Waals surface area contributed by atoms with Crippen molar-refractivity contribution >= 4 is 18.3 Å². The Labute approximate surface area is 164 Å². The molecule has 3 heterocycles. The number of benzene rings is 1. The average Bonchev–Trinajstić information content (AvgIpc) is 3.39. The van der Waals surface area contributed by atoms with Crippen LogP contribution in [0.15, 0.2) is 55.2 Å². The summed E-state index contributed by atoms with van der Waals surface area (Å²) < 4.78 is 3.84. The van der Waals surface area contributed by atoms with Gasteiger partial charge in [-0.15, -0.1) is 12.4 Å². The van der Waals surface area contributed by atoms with Crippen LogP contribution in [0.2, 0.25) is 0 Å². The zero-order valence-electron chi connectivity index (χ0n) is 14.9. The molecule has 1 unspecified atom stereocenters. The van der Waals surface area contributed by atoms with Crippen molar-refractivity contribution in [3.05, 3.63) is 66.5 Å². The van der Waals surface area contributed by atoms with Gasteiger partial charge in [-0.3, -0.25) is 9.48 Å². The van der Waals surface area contributed by atoms with Crippen molar-refractivity contribution in [3.8, 4) is 5.69 Å². The Morgan fingerprint density at radius 3 is 2.93 bits per heavy atom. The molecule has 8 heteroatoms. The molecule has 0 bridgehead atoms. The van der Waals surface area contributed by atoms with Gasteiger partial charge >= 0.3 is 0 Å². The maximum atomic E-state index is 12.5. The number of carbonyl (C=O) groups excluding carboxylic acids is 1. The molecule has 2 N–H and O–H groups in total. The smallest absolute Gasteiger partial charge is 0.272 e. The molecule has 2 aromatic heterocycles. The second-order valence-corrected chi connectivity index (χ2v) is 6.46. The Hall–Kier alpha value is -2.64. The summed E-state index contributed by atoms with van der Waals surface area (Å²) in [5, 5.41) is 10.8. The molecule has 1 saturated heterocycles. The monoisotopic (exact) mass is 386 g/mol. The molecule has 7 nitrogen and oxygen atoms in total. The van der Waals surface area contributed by atoms with Crippen LogP contribution in [-0.2, 0) is 6.54 Å². The predicted molar refractivity (Wildman–Crippen MR) is 105 cm³/mol. The molecule has 1 aromatic carbocycles. The highest BCUT2D eigenvalue weighted by Gasteiger charge is 2.17. The number of rotatable bonds is 5. The Morgan fingerprint density at radius 1 is 1.26 bits per heavy atom. The number of imidazole rings is 1. The van der Waals surface area contributed by atoms with E-state index >= 15 is 0 Å². The maximum absolute atomic E-state index is 12.5. The summed E-state index contributed by atoms with van der Waals surface area (Å²) >= 11 is 0. The van der Waals surface area contributed by atoms with E-state index in [0.717, 1.165) is 37.2 Å². The number of nitrogens with one attached hydrogen (secondary N) is 2. The second kappa shape index (κ2) is 8.83. The predicted octanol–water partition coefficient (Wildman–Crippen LogP) is 2.35. The van der Waals surface area contributed by atoms with Crippen LogP contribution < -0.4 is 10.6 Å². The normalized spacial score (nSPS) is 16.5. The molecule has 1 aliphatic heterocycles. The first-order valence-corrected chi connectivity index (χ1v) is 8.91. The lowest BCUT2D eigenvalue weighted by Gasteiger charge is -2.22. The summed E-state index contributed by atoms with van der Waals surface area (Å²) in [5.41, 5.74) is 2.48. The van der Waals surface area contributed by atoms with Crippen LogP contribution in [-0.4, -0.2) is 38.3 Å². The molecule has 0 radical (unpaired) electrons. The number of hydrogen-bond acceptors (Lipinski definition) is 4. The summed E-state index contributed by atoms with van der Waals surface area (Å²) in [6.45, 7) is 2.40. The van der Waals surface area contributed by atoms with E-state index in [9.17, 15) is 4.79 Å². The fourth-order valence-corrected chi connectivity index (χ4v) is 3.30. The molecule has 0 saturated carbocycles. The van der Waals surface area contributed by atoms with Gasteiger partial charge in [-0.2, -0.15) is 5.10 Å². The number of nitrogens with zero attached hydrogens (tertiary/aromatic N) is 4. The Bertz CT molecular complexity index is 870. The number of amides is 1. The van der Waals surface area contributed by atoms with Gasteiger partial charge in [-0.05, 0) is 37.1 Å². The molecule has 0 spiro atoms. The quantitative estimate of drug-likeness (QED) is 0.705. The van der Waals surface area contributed by atoms with Crippen molar-refractivity contribution in [2.24, 2.45) is 0 Å². The zero-order chi connectivity index (χ0) is 17.8.